The number of nitriles is 1. The Morgan fingerprint density at radius 1 is 1.24 bits per heavy atom. The summed E-state index contributed by atoms with van der Waals surface area (Å²) in [5, 5.41) is 25.4. The number of nitro groups is 1. The van der Waals surface area contributed by atoms with Crippen LogP contribution in [0.3, 0.4) is 0 Å². The lowest BCUT2D eigenvalue weighted by molar-refractivity contribution is -0.385. The molecule has 1 aliphatic heterocycles. The summed E-state index contributed by atoms with van der Waals surface area (Å²) in [7, 11) is 1.54. The summed E-state index contributed by atoms with van der Waals surface area (Å²) in [6.07, 6.45) is 2.54. The van der Waals surface area contributed by atoms with E-state index in [1.54, 1.807) is 25.0 Å². The minimum Gasteiger partial charge on any atom is -0.496 e. The van der Waals surface area contributed by atoms with Crippen molar-refractivity contribution in [3.8, 4) is 11.8 Å². The maximum Gasteiger partial charge on any atom is 0.307 e. The molecule has 186 valence electrons. The number of rotatable bonds is 6. The Balaban J connectivity index is 1.62. The zero-order valence-electron chi connectivity index (χ0n) is 20.4. The van der Waals surface area contributed by atoms with Gasteiger partial charge in [0.15, 0.2) is 5.89 Å². The van der Waals surface area contributed by atoms with Gasteiger partial charge in [-0.25, -0.2) is 4.98 Å². The van der Waals surface area contributed by atoms with Gasteiger partial charge in [-0.2, -0.15) is 10.4 Å². The molecule has 0 spiro atoms. The highest BCUT2D eigenvalue weighted by Gasteiger charge is 2.38. The van der Waals surface area contributed by atoms with E-state index in [0.717, 1.165) is 22.4 Å². The molecule has 37 heavy (non-hydrogen) atoms. The van der Waals surface area contributed by atoms with Crippen molar-refractivity contribution >= 4 is 17.3 Å². The lowest BCUT2D eigenvalue weighted by atomic mass is 9.85. The van der Waals surface area contributed by atoms with Crippen molar-refractivity contribution in [3.05, 3.63) is 105 Å². The molecule has 0 amide bonds. The van der Waals surface area contributed by atoms with Gasteiger partial charge < -0.3 is 14.9 Å². The van der Waals surface area contributed by atoms with Gasteiger partial charge in [0.1, 0.15) is 29.7 Å². The fourth-order valence-electron chi connectivity index (χ4n) is 4.50. The van der Waals surface area contributed by atoms with Crippen molar-refractivity contribution in [2.75, 3.05) is 12.0 Å². The molecule has 11 nitrogen and oxygen atoms in total. The third kappa shape index (κ3) is 4.14. The molecule has 11 heteroatoms. The van der Waals surface area contributed by atoms with E-state index in [0.29, 0.717) is 28.8 Å². The monoisotopic (exact) mass is 497 g/mol. The van der Waals surface area contributed by atoms with Crippen molar-refractivity contribution in [1.29, 1.82) is 5.26 Å². The molecular weight excluding hydrogens is 474 g/mol. The summed E-state index contributed by atoms with van der Waals surface area (Å²) in [5.74, 6) is 1.13. The number of allylic oxidation sites excluding steroid dienone is 1. The second-order valence-corrected chi connectivity index (χ2v) is 8.66. The van der Waals surface area contributed by atoms with Gasteiger partial charge in [0.25, 0.3) is 0 Å². The van der Waals surface area contributed by atoms with Gasteiger partial charge in [-0.1, -0.05) is 23.8 Å². The van der Waals surface area contributed by atoms with Gasteiger partial charge in [-0.3, -0.25) is 19.7 Å². The number of aryl methyl sites for hydroxylation is 2. The minimum atomic E-state index is -0.587. The van der Waals surface area contributed by atoms with Crippen molar-refractivity contribution in [3.63, 3.8) is 0 Å². The Labute approximate surface area is 212 Å². The van der Waals surface area contributed by atoms with Crippen LogP contribution in [0.5, 0.6) is 5.75 Å². The molecular formula is C26H23N7O4. The van der Waals surface area contributed by atoms with Crippen molar-refractivity contribution < 1.29 is 14.1 Å². The average Bonchev–Trinajstić information content (AvgIpc) is 3.50. The molecule has 0 bridgehead atoms. The highest BCUT2D eigenvalue weighted by molar-refractivity contribution is 5.73. The fourth-order valence-corrected chi connectivity index (χ4v) is 4.50. The molecule has 0 radical (unpaired) electrons. The first-order valence-corrected chi connectivity index (χ1v) is 11.4. The van der Waals surface area contributed by atoms with Gasteiger partial charge in [-0.05, 0) is 36.8 Å². The van der Waals surface area contributed by atoms with Crippen molar-refractivity contribution in [2.24, 2.45) is 5.73 Å². The van der Waals surface area contributed by atoms with E-state index < -0.39 is 10.8 Å². The Hall–Kier alpha value is -5.11. The number of hydrogen-bond acceptors (Lipinski definition) is 9. The van der Waals surface area contributed by atoms with E-state index >= 15 is 0 Å². The molecule has 4 aromatic rings. The summed E-state index contributed by atoms with van der Waals surface area (Å²) < 4.78 is 13.0. The van der Waals surface area contributed by atoms with E-state index in [1.165, 1.54) is 17.1 Å². The second kappa shape index (κ2) is 9.16. The Kier molecular flexibility index (Phi) is 5.85. The molecule has 1 unspecified atom stereocenters. The summed E-state index contributed by atoms with van der Waals surface area (Å²) >= 11 is 0. The second-order valence-electron chi connectivity index (χ2n) is 8.66. The normalized spacial score (nSPS) is 14.9. The number of aromatic nitrogens is 3. The standard InChI is InChI=1S/C26H23N7O4/c1-15-4-7-19(8-5-15)32-25(28)21(11-27)23(24-26(32)37-16(2)30-24)17-6-9-22(36-3)18(10-17)13-31-14-20(12-29-31)33(34)35/h4-10,12,14,23H,13,28H2,1-3H3. The summed E-state index contributed by atoms with van der Waals surface area (Å²) in [5.41, 5.74) is 10.7. The summed E-state index contributed by atoms with van der Waals surface area (Å²) in [6.45, 7) is 3.95. The van der Waals surface area contributed by atoms with Gasteiger partial charge in [0.2, 0.25) is 5.88 Å². The Bertz CT molecular complexity index is 1580. The van der Waals surface area contributed by atoms with Gasteiger partial charge in [0, 0.05) is 12.5 Å². The molecule has 0 aliphatic carbocycles. The topological polar surface area (TPSA) is 149 Å². The number of benzene rings is 2. The first-order valence-electron chi connectivity index (χ1n) is 11.4. The maximum atomic E-state index is 11.1. The first kappa shape index (κ1) is 23.6. The number of methoxy groups -OCH3 is 1. The number of fused-ring (bicyclic) bond motifs is 1. The van der Waals surface area contributed by atoms with Crippen LogP contribution in [0.4, 0.5) is 17.3 Å². The fraction of sp³-hybridized carbons (Fsp3) is 0.192. The lowest BCUT2D eigenvalue weighted by Gasteiger charge is -2.31. The molecule has 1 atom stereocenters. The molecule has 0 saturated carbocycles. The highest BCUT2D eigenvalue weighted by Crippen LogP contribution is 2.47. The van der Waals surface area contributed by atoms with E-state index in [2.05, 4.69) is 16.2 Å². The SMILES string of the molecule is COc1ccc(C2C(C#N)=C(N)N(c3ccc(C)cc3)c3oc(C)nc32)cc1Cn1cc([N+](=O)[O-])cn1. The zero-order valence-corrected chi connectivity index (χ0v) is 20.4. The van der Waals surface area contributed by atoms with E-state index in [9.17, 15) is 15.4 Å². The summed E-state index contributed by atoms with van der Waals surface area (Å²) in [4.78, 5) is 16.9. The highest BCUT2D eigenvalue weighted by atomic mass is 16.6. The Morgan fingerprint density at radius 2 is 2.00 bits per heavy atom. The Morgan fingerprint density at radius 3 is 2.65 bits per heavy atom. The molecule has 0 saturated heterocycles. The zero-order chi connectivity index (χ0) is 26.3. The van der Waals surface area contributed by atoms with Crippen LogP contribution in [0.1, 0.15) is 34.2 Å². The molecule has 1 aliphatic rings. The van der Waals surface area contributed by atoms with E-state index in [-0.39, 0.29) is 18.1 Å². The van der Waals surface area contributed by atoms with Gasteiger partial charge in [0.05, 0.1) is 41.8 Å². The van der Waals surface area contributed by atoms with Crippen LogP contribution in [0.25, 0.3) is 0 Å². The maximum absolute atomic E-state index is 11.1. The number of nitrogens with zero attached hydrogens (tertiary/aromatic N) is 6. The van der Waals surface area contributed by atoms with Crippen molar-refractivity contribution in [2.45, 2.75) is 26.3 Å². The van der Waals surface area contributed by atoms with Crippen LogP contribution >= 0.6 is 0 Å². The van der Waals surface area contributed by atoms with Crippen LogP contribution in [0.2, 0.25) is 0 Å². The predicted molar refractivity (Wildman–Crippen MR) is 134 cm³/mol. The van der Waals surface area contributed by atoms with Gasteiger partial charge in [-0.15, -0.1) is 0 Å². The third-order valence-electron chi connectivity index (χ3n) is 6.24. The van der Waals surface area contributed by atoms with E-state index in [1.807, 2.05) is 43.3 Å². The van der Waals surface area contributed by atoms with Crippen molar-refractivity contribution in [1.82, 2.24) is 14.8 Å². The van der Waals surface area contributed by atoms with Gasteiger partial charge >= 0.3 is 5.69 Å². The lowest BCUT2D eigenvalue weighted by Crippen LogP contribution is -2.31. The predicted octanol–water partition coefficient (Wildman–Crippen LogP) is 4.43. The van der Waals surface area contributed by atoms with Crippen LogP contribution in [0.15, 0.2) is 70.7 Å². The number of hydrogen-bond donors (Lipinski definition) is 1. The molecule has 2 N–H and O–H groups in total. The molecule has 0 fully saturated rings. The number of anilines is 2. The molecule has 2 aromatic carbocycles. The first-order chi connectivity index (χ1) is 17.8. The largest absolute Gasteiger partial charge is 0.496 e. The quantitative estimate of drug-likeness (QED) is 0.301. The summed E-state index contributed by atoms with van der Waals surface area (Å²) in [6, 6.07) is 15.5. The smallest absolute Gasteiger partial charge is 0.307 e. The van der Waals surface area contributed by atoms with Crippen LogP contribution in [-0.2, 0) is 6.54 Å². The van der Waals surface area contributed by atoms with Crippen LogP contribution in [-0.4, -0.2) is 26.8 Å². The molecule has 3 heterocycles. The number of nitrogens with two attached hydrogens (primary N) is 1. The molecule has 5 rings (SSSR count). The molecule has 2 aromatic heterocycles. The number of ether oxygens (including phenoxy) is 1. The van der Waals surface area contributed by atoms with Crippen LogP contribution < -0.4 is 15.4 Å². The number of oxazole rings is 1. The minimum absolute atomic E-state index is 0.108. The van der Waals surface area contributed by atoms with E-state index in [4.69, 9.17) is 14.9 Å². The van der Waals surface area contributed by atoms with Crippen LogP contribution in [0, 0.1) is 35.3 Å². The third-order valence-corrected chi connectivity index (χ3v) is 6.24. The average molecular weight is 498 g/mol.